The Kier molecular flexibility index (Phi) is 6.48. The third-order valence-electron chi connectivity index (χ3n) is 5.22. The average molecular weight is 474 g/mol. The van der Waals surface area contributed by atoms with E-state index in [4.69, 9.17) is 4.74 Å². The summed E-state index contributed by atoms with van der Waals surface area (Å²) in [7, 11) is -4.48. The topological polar surface area (TPSA) is 111 Å². The molecule has 32 heavy (non-hydrogen) atoms. The number of rotatable bonds is 6. The molecule has 172 valence electrons. The molecule has 2 atom stereocenters. The molecule has 1 heterocycles. The number of nitriles is 1. The van der Waals surface area contributed by atoms with Gasteiger partial charge in [-0.3, -0.25) is 0 Å². The van der Waals surface area contributed by atoms with E-state index in [0.29, 0.717) is 18.2 Å². The Balaban J connectivity index is 1.86. The number of aliphatic hydroxyl groups is 2. The summed E-state index contributed by atoms with van der Waals surface area (Å²) >= 11 is 0. The van der Waals surface area contributed by atoms with E-state index in [2.05, 4.69) is 0 Å². The van der Waals surface area contributed by atoms with Gasteiger partial charge in [0.2, 0.25) is 10.0 Å². The van der Waals surface area contributed by atoms with E-state index in [1.807, 2.05) is 0 Å². The Morgan fingerprint density at radius 3 is 2.44 bits per heavy atom. The number of benzene rings is 2. The van der Waals surface area contributed by atoms with Gasteiger partial charge >= 0.3 is 6.18 Å². The highest BCUT2D eigenvalue weighted by atomic mass is 32.2. The molecule has 0 radical (unpaired) electrons. The van der Waals surface area contributed by atoms with Crippen molar-refractivity contribution >= 4 is 10.0 Å². The first-order valence-corrected chi connectivity index (χ1v) is 10.7. The molecule has 12 heteroatoms. The molecule has 7 nitrogen and oxygen atoms in total. The summed E-state index contributed by atoms with van der Waals surface area (Å²) in [5, 5.41) is 29.6. The van der Waals surface area contributed by atoms with Crippen molar-refractivity contribution in [2.45, 2.75) is 16.7 Å². The second kappa shape index (κ2) is 8.67. The summed E-state index contributed by atoms with van der Waals surface area (Å²) in [6.07, 6.45) is -4.76. The molecular formula is C20H18F4N2O5S. The van der Waals surface area contributed by atoms with Crippen LogP contribution in [0.5, 0.6) is 5.75 Å². The molecule has 1 fully saturated rings. The van der Waals surface area contributed by atoms with Crippen LogP contribution in [-0.2, 0) is 16.2 Å². The van der Waals surface area contributed by atoms with Crippen molar-refractivity contribution in [1.82, 2.24) is 4.31 Å². The quantitative estimate of drug-likeness (QED) is 0.621. The minimum Gasteiger partial charge on any atom is -0.493 e. The zero-order chi connectivity index (χ0) is 23.7. The molecule has 1 saturated heterocycles. The molecule has 3 rings (SSSR count). The van der Waals surface area contributed by atoms with Gasteiger partial charge in [0.05, 0.1) is 29.2 Å². The molecule has 0 unspecified atom stereocenters. The first-order chi connectivity index (χ1) is 14.9. The molecule has 2 aromatic carbocycles. The zero-order valence-corrected chi connectivity index (χ0v) is 17.2. The molecule has 2 N–H and O–H groups in total. The van der Waals surface area contributed by atoms with Gasteiger partial charge in [-0.15, -0.1) is 0 Å². The lowest BCUT2D eigenvalue weighted by Crippen LogP contribution is -2.44. The molecule has 0 amide bonds. The van der Waals surface area contributed by atoms with Gasteiger partial charge < -0.3 is 14.9 Å². The zero-order valence-electron chi connectivity index (χ0n) is 16.4. The summed E-state index contributed by atoms with van der Waals surface area (Å²) in [4.78, 5) is -0.645. The van der Waals surface area contributed by atoms with Gasteiger partial charge in [-0.1, -0.05) is 0 Å². The van der Waals surface area contributed by atoms with Crippen LogP contribution in [0.2, 0.25) is 0 Å². The molecule has 2 aromatic rings. The Bertz CT molecular complexity index is 1130. The summed E-state index contributed by atoms with van der Waals surface area (Å²) in [6.45, 7) is -1.93. The minimum absolute atomic E-state index is 0.229. The van der Waals surface area contributed by atoms with Crippen molar-refractivity contribution in [2.75, 3.05) is 26.3 Å². The van der Waals surface area contributed by atoms with Gasteiger partial charge in [-0.25, -0.2) is 12.8 Å². The van der Waals surface area contributed by atoms with E-state index in [9.17, 15) is 41.5 Å². The van der Waals surface area contributed by atoms with Gasteiger partial charge in [0.25, 0.3) is 0 Å². The van der Waals surface area contributed by atoms with Crippen LogP contribution < -0.4 is 4.74 Å². The SMILES string of the molecule is N#Cc1cc(C(F)(F)F)ccc1S(=O)(=O)N1C[C@H](COc2ccc(F)cc2)[C@](O)(CO)C1. The normalized spacial score (nSPS) is 22.0. The van der Waals surface area contributed by atoms with Crippen LogP contribution >= 0.6 is 0 Å². The van der Waals surface area contributed by atoms with Gasteiger partial charge in [-0.2, -0.15) is 22.7 Å². The van der Waals surface area contributed by atoms with E-state index in [1.54, 1.807) is 0 Å². The van der Waals surface area contributed by atoms with E-state index in [-0.39, 0.29) is 18.9 Å². The van der Waals surface area contributed by atoms with E-state index < -0.39 is 62.7 Å². The summed E-state index contributed by atoms with van der Waals surface area (Å²) < 4.78 is 84.1. The number of nitrogens with zero attached hydrogens (tertiary/aromatic N) is 2. The highest BCUT2D eigenvalue weighted by Gasteiger charge is 2.49. The molecule has 0 saturated carbocycles. The third-order valence-corrected chi connectivity index (χ3v) is 7.09. The van der Waals surface area contributed by atoms with Crippen molar-refractivity contribution in [3.63, 3.8) is 0 Å². The number of β-amino-alcohol motifs (C(OH)–C–C–N with tert-alkyl or cyclic N) is 1. The van der Waals surface area contributed by atoms with Gasteiger partial charge in [0.15, 0.2) is 0 Å². The smallest absolute Gasteiger partial charge is 0.416 e. The Hall–Kier alpha value is -2.72. The van der Waals surface area contributed by atoms with Crippen molar-refractivity contribution in [1.29, 1.82) is 5.26 Å². The lowest BCUT2D eigenvalue weighted by Gasteiger charge is -2.26. The van der Waals surface area contributed by atoms with Crippen LogP contribution in [-0.4, -0.2) is 54.8 Å². The molecular weight excluding hydrogens is 456 g/mol. The second-order valence-electron chi connectivity index (χ2n) is 7.34. The maximum Gasteiger partial charge on any atom is 0.416 e. The van der Waals surface area contributed by atoms with Crippen molar-refractivity contribution in [3.05, 3.63) is 59.4 Å². The molecule has 0 bridgehead atoms. The predicted molar refractivity (Wildman–Crippen MR) is 102 cm³/mol. The minimum atomic E-state index is -4.76. The fourth-order valence-corrected chi connectivity index (χ4v) is 5.04. The lowest BCUT2D eigenvalue weighted by atomic mass is 9.92. The van der Waals surface area contributed by atoms with Crippen LogP contribution in [0.1, 0.15) is 11.1 Å². The summed E-state index contributed by atoms with van der Waals surface area (Å²) in [6, 6.07) is 8.10. The lowest BCUT2D eigenvalue weighted by molar-refractivity contribution is -0.137. The number of hydrogen-bond acceptors (Lipinski definition) is 6. The Labute approximate surface area is 181 Å². The number of sulfonamides is 1. The maximum atomic E-state index is 13.1. The Morgan fingerprint density at radius 2 is 1.88 bits per heavy atom. The molecule has 0 spiro atoms. The summed E-state index contributed by atoms with van der Waals surface area (Å²) in [5.74, 6) is -1.15. The molecule has 1 aliphatic heterocycles. The number of aliphatic hydroxyl groups excluding tert-OH is 1. The first kappa shape index (κ1) is 23.9. The predicted octanol–water partition coefficient (Wildman–Crippen LogP) is 2.14. The highest BCUT2D eigenvalue weighted by Crippen LogP contribution is 2.35. The monoisotopic (exact) mass is 474 g/mol. The van der Waals surface area contributed by atoms with E-state index >= 15 is 0 Å². The van der Waals surface area contributed by atoms with Crippen LogP contribution in [0.25, 0.3) is 0 Å². The Morgan fingerprint density at radius 1 is 1.22 bits per heavy atom. The third kappa shape index (κ3) is 4.71. The average Bonchev–Trinajstić information content (AvgIpc) is 3.10. The van der Waals surface area contributed by atoms with Gasteiger partial charge in [0.1, 0.15) is 23.2 Å². The van der Waals surface area contributed by atoms with Gasteiger partial charge in [-0.05, 0) is 42.5 Å². The van der Waals surface area contributed by atoms with Crippen molar-refractivity contribution in [2.24, 2.45) is 5.92 Å². The summed E-state index contributed by atoms with van der Waals surface area (Å²) in [5.41, 5.74) is -3.77. The number of alkyl halides is 3. The number of ether oxygens (including phenoxy) is 1. The van der Waals surface area contributed by atoms with E-state index in [0.717, 1.165) is 16.4 Å². The molecule has 0 aliphatic carbocycles. The van der Waals surface area contributed by atoms with Crippen molar-refractivity contribution in [3.8, 4) is 11.8 Å². The van der Waals surface area contributed by atoms with Crippen LogP contribution in [0.3, 0.4) is 0 Å². The van der Waals surface area contributed by atoms with Crippen LogP contribution in [0.4, 0.5) is 17.6 Å². The first-order valence-electron chi connectivity index (χ1n) is 9.24. The highest BCUT2D eigenvalue weighted by molar-refractivity contribution is 7.89. The fourth-order valence-electron chi connectivity index (χ4n) is 3.37. The number of hydrogen-bond donors (Lipinski definition) is 2. The molecule has 0 aromatic heterocycles. The van der Waals surface area contributed by atoms with E-state index in [1.165, 1.54) is 18.2 Å². The van der Waals surface area contributed by atoms with Gasteiger partial charge in [0, 0.05) is 19.0 Å². The van der Waals surface area contributed by atoms with Crippen LogP contribution in [0, 0.1) is 23.1 Å². The maximum absolute atomic E-state index is 13.1. The second-order valence-corrected chi connectivity index (χ2v) is 9.25. The van der Waals surface area contributed by atoms with Crippen LogP contribution in [0.15, 0.2) is 47.4 Å². The number of halogens is 4. The fraction of sp³-hybridized carbons (Fsp3) is 0.350. The van der Waals surface area contributed by atoms with Crippen molar-refractivity contribution < 1.29 is 40.9 Å². The molecule has 1 aliphatic rings. The largest absolute Gasteiger partial charge is 0.493 e. The standard InChI is InChI=1S/C20H18F4N2O5S/c21-16-2-4-17(5-3-16)31-10-15-9-26(11-19(15,28)12-27)32(29,30)18-6-1-14(20(22,23)24)7-13(18)8-25/h1-7,15,27-28H,9-12H2/t15-,19-/m1/s1.